The van der Waals surface area contributed by atoms with Crippen LogP contribution in [0.5, 0.6) is 0 Å². The molecule has 0 heterocycles. The van der Waals surface area contributed by atoms with E-state index in [4.69, 9.17) is 0 Å². The van der Waals surface area contributed by atoms with E-state index in [-0.39, 0.29) is 10.8 Å². The number of rotatable bonds is 8. The van der Waals surface area contributed by atoms with Gasteiger partial charge in [-0.05, 0) is 48.5 Å². The number of hydrogen-bond acceptors (Lipinski definition) is 4. The number of nitrogens with one attached hydrogen (secondary N) is 1. The molecule has 0 atom stereocenters. The SMILES string of the molecule is CCN(CC)Cc1ccccc1CNC(=O)c1ccc(S(C)(=O)=O)cc1. The van der Waals surface area contributed by atoms with Crippen molar-refractivity contribution in [3.05, 3.63) is 65.2 Å². The zero-order chi connectivity index (χ0) is 19.2. The first kappa shape index (κ1) is 20.1. The summed E-state index contributed by atoms with van der Waals surface area (Å²) in [7, 11) is -3.26. The van der Waals surface area contributed by atoms with E-state index in [9.17, 15) is 13.2 Å². The van der Waals surface area contributed by atoms with Crippen LogP contribution >= 0.6 is 0 Å². The van der Waals surface area contributed by atoms with Crippen molar-refractivity contribution in [1.82, 2.24) is 10.2 Å². The fourth-order valence-corrected chi connectivity index (χ4v) is 3.33. The molecule has 0 aliphatic carbocycles. The van der Waals surface area contributed by atoms with Gasteiger partial charge in [0.2, 0.25) is 0 Å². The van der Waals surface area contributed by atoms with E-state index in [1.807, 2.05) is 18.2 Å². The van der Waals surface area contributed by atoms with Crippen molar-refractivity contribution in [2.75, 3.05) is 19.3 Å². The number of benzene rings is 2. The summed E-state index contributed by atoms with van der Waals surface area (Å²) in [6.07, 6.45) is 1.15. The molecule has 1 amide bonds. The minimum Gasteiger partial charge on any atom is -0.348 e. The molecule has 6 heteroatoms. The molecule has 0 radical (unpaired) electrons. The molecular formula is C20H26N2O3S. The number of carbonyl (C=O) groups excluding carboxylic acids is 1. The van der Waals surface area contributed by atoms with Crippen molar-refractivity contribution in [2.24, 2.45) is 0 Å². The fraction of sp³-hybridized carbons (Fsp3) is 0.350. The van der Waals surface area contributed by atoms with Crippen molar-refractivity contribution in [3.8, 4) is 0 Å². The van der Waals surface area contributed by atoms with Crippen LogP contribution < -0.4 is 5.32 Å². The number of nitrogens with zero attached hydrogens (tertiary/aromatic N) is 1. The minimum atomic E-state index is -3.26. The molecule has 140 valence electrons. The second kappa shape index (κ2) is 8.96. The third kappa shape index (κ3) is 5.41. The molecule has 0 unspecified atom stereocenters. The van der Waals surface area contributed by atoms with Gasteiger partial charge in [0, 0.05) is 24.9 Å². The average Bonchev–Trinajstić information content (AvgIpc) is 2.64. The zero-order valence-corrected chi connectivity index (χ0v) is 16.3. The average molecular weight is 375 g/mol. The van der Waals surface area contributed by atoms with E-state index in [2.05, 4.69) is 30.1 Å². The van der Waals surface area contributed by atoms with Crippen LogP contribution in [0.3, 0.4) is 0 Å². The summed E-state index contributed by atoms with van der Waals surface area (Å²) in [5.74, 6) is -0.220. The highest BCUT2D eigenvalue weighted by atomic mass is 32.2. The van der Waals surface area contributed by atoms with Crippen LogP contribution in [-0.2, 0) is 22.9 Å². The quantitative estimate of drug-likeness (QED) is 0.772. The molecule has 1 N–H and O–H groups in total. The Hall–Kier alpha value is -2.18. The summed E-state index contributed by atoms with van der Waals surface area (Å²) in [5.41, 5.74) is 2.73. The summed E-state index contributed by atoms with van der Waals surface area (Å²) in [5, 5.41) is 2.92. The summed E-state index contributed by atoms with van der Waals surface area (Å²) in [4.78, 5) is 14.9. The normalized spacial score (nSPS) is 11.5. The standard InChI is InChI=1S/C20H26N2O3S/c1-4-22(5-2)15-18-9-7-6-8-17(18)14-21-20(23)16-10-12-19(13-11-16)26(3,24)25/h6-13H,4-5,14-15H2,1-3H3,(H,21,23). The van der Waals surface area contributed by atoms with E-state index >= 15 is 0 Å². The van der Waals surface area contributed by atoms with Gasteiger partial charge in [0.1, 0.15) is 0 Å². The van der Waals surface area contributed by atoms with E-state index in [1.165, 1.54) is 29.8 Å². The molecule has 26 heavy (non-hydrogen) atoms. The Kier molecular flexibility index (Phi) is 6.94. The number of amides is 1. The van der Waals surface area contributed by atoms with Crippen LogP contribution in [0, 0.1) is 0 Å². The molecular weight excluding hydrogens is 348 g/mol. The van der Waals surface area contributed by atoms with Crippen LogP contribution in [-0.4, -0.2) is 38.6 Å². The molecule has 2 aromatic rings. The molecule has 0 bridgehead atoms. The second-order valence-corrected chi connectivity index (χ2v) is 8.23. The molecule has 0 aliphatic rings. The molecule has 0 spiro atoms. The summed E-state index contributed by atoms with van der Waals surface area (Å²) in [6, 6.07) is 14.1. The first-order chi connectivity index (χ1) is 12.3. The van der Waals surface area contributed by atoms with E-state index in [0.717, 1.165) is 31.5 Å². The van der Waals surface area contributed by atoms with Crippen LogP contribution in [0.1, 0.15) is 35.3 Å². The third-order valence-electron chi connectivity index (χ3n) is 4.39. The summed E-state index contributed by atoms with van der Waals surface area (Å²) in [6.45, 7) is 7.50. The highest BCUT2D eigenvalue weighted by Crippen LogP contribution is 2.13. The van der Waals surface area contributed by atoms with Gasteiger partial charge in [-0.15, -0.1) is 0 Å². The second-order valence-electron chi connectivity index (χ2n) is 6.21. The lowest BCUT2D eigenvalue weighted by Crippen LogP contribution is -2.26. The smallest absolute Gasteiger partial charge is 0.251 e. The Bertz CT molecular complexity index is 842. The van der Waals surface area contributed by atoms with Crippen molar-refractivity contribution in [2.45, 2.75) is 31.8 Å². The predicted octanol–water partition coefficient (Wildman–Crippen LogP) is 2.86. The molecule has 0 aliphatic heterocycles. The lowest BCUT2D eigenvalue weighted by atomic mass is 10.1. The first-order valence-corrected chi connectivity index (χ1v) is 10.6. The van der Waals surface area contributed by atoms with Crippen LogP contribution in [0.4, 0.5) is 0 Å². The van der Waals surface area contributed by atoms with Crippen molar-refractivity contribution >= 4 is 15.7 Å². The van der Waals surface area contributed by atoms with E-state index in [0.29, 0.717) is 12.1 Å². The first-order valence-electron chi connectivity index (χ1n) is 8.72. The topological polar surface area (TPSA) is 66.5 Å². The Morgan fingerprint density at radius 3 is 2.08 bits per heavy atom. The van der Waals surface area contributed by atoms with Gasteiger partial charge in [-0.3, -0.25) is 9.69 Å². The van der Waals surface area contributed by atoms with Gasteiger partial charge in [0.05, 0.1) is 4.90 Å². The van der Waals surface area contributed by atoms with Crippen LogP contribution in [0.25, 0.3) is 0 Å². The molecule has 2 aromatic carbocycles. The molecule has 0 saturated heterocycles. The van der Waals surface area contributed by atoms with E-state index < -0.39 is 9.84 Å². The van der Waals surface area contributed by atoms with Gasteiger partial charge in [0.25, 0.3) is 5.91 Å². The fourth-order valence-electron chi connectivity index (χ4n) is 2.70. The van der Waals surface area contributed by atoms with Gasteiger partial charge in [-0.25, -0.2) is 8.42 Å². The number of carbonyl (C=O) groups is 1. The van der Waals surface area contributed by atoms with Crippen LogP contribution in [0.15, 0.2) is 53.4 Å². The molecule has 0 fully saturated rings. The zero-order valence-electron chi connectivity index (χ0n) is 15.5. The molecule has 5 nitrogen and oxygen atoms in total. The Balaban J connectivity index is 2.05. The van der Waals surface area contributed by atoms with Gasteiger partial charge >= 0.3 is 0 Å². The third-order valence-corrected chi connectivity index (χ3v) is 5.52. The van der Waals surface area contributed by atoms with Crippen molar-refractivity contribution in [1.29, 1.82) is 0 Å². The number of hydrogen-bond donors (Lipinski definition) is 1. The number of sulfone groups is 1. The summed E-state index contributed by atoms with van der Waals surface area (Å²) >= 11 is 0. The lowest BCUT2D eigenvalue weighted by Gasteiger charge is -2.20. The Morgan fingerprint density at radius 1 is 0.962 bits per heavy atom. The largest absolute Gasteiger partial charge is 0.348 e. The van der Waals surface area contributed by atoms with E-state index in [1.54, 1.807) is 0 Å². The molecule has 0 saturated carbocycles. The minimum absolute atomic E-state index is 0.207. The maximum atomic E-state index is 12.4. The lowest BCUT2D eigenvalue weighted by molar-refractivity contribution is 0.0950. The maximum absolute atomic E-state index is 12.4. The molecule has 0 aromatic heterocycles. The highest BCUT2D eigenvalue weighted by molar-refractivity contribution is 7.90. The van der Waals surface area contributed by atoms with Crippen LogP contribution in [0.2, 0.25) is 0 Å². The van der Waals surface area contributed by atoms with Crippen molar-refractivity contribution in [3.63, 3.8) is 0 Å². The van der Waals surface area contributed by atoms with Crippen molar-refractivity contribution < 1.29 is 13.2 Å². The summed E-state index contributed by atoms with van der Waals surface area (Å²) < 4.78 is 23.0. The molecule has 2 rings (SSSR count). The van der Waals surface area contributed by atoms with Gasteiger partial charge < -0.3 is 5.32 Å². The Morgan fingerprint density at radius 2 is 1.54 bits per heavy atom. The van der Waals surface area contributed by atoms with Gasteiger partial charge in [-0.2, -0.15) is 0 Å². The highest BCUT2D eigenvalue weighted by Gasteiger charge is 2.11. The van der Waals surface area contributed by atoms with Gasteiger partial charge in [-0.1, -0.05) is 38.1 Å². The monoisotopic (exact) mass is 374 g/mol. The predicted molar refractivity (Wildman–Crippen MR) is 104 cm³/mol. The van der Waals surface area contributed by atoms with Gasteiger partial charge in [0.15, 0.2) is 9.84 Å². The Labute approximate surface area is 156 Å². The maximum Gasteiger partial charge on any atom is 0.251 e.